The molecule has 0 spiro atoms. The van der Waals surface area contributed by atoms with Gasteiger partial charge in [-0.1, -0.05) is 0 Å². The van der Waals surface area contributed by atoms with Gasteiger partial charge in [0.25, 0.3) is 0 Å². The molecule has 2 atom stereocenters. The maximum atomic E-state index is 12.5. The first-order chi connectivity index (χ1) is 10.2. The summed E-state index contributed by atoms with van der Waals surface area (Å²) in [5, 5.41) is 9.20. The van der Waals surface area contributed by atoms with E-state index in [0.29, 0.717) is 25.6 Å². The number of hydrogen-bond acceptors (Lipinski definition) is 4. The number of carboxylic acid groups (broad SMARTS) is 1. The fraction of sp³-hybridized carbons (Fsp3) is 0.857. The largest absolute Gasteiger partial charge is 0.480 e. The van der Waals surface area contributed by atoms with Crippen LogP contribution in [0.3, 0.4) is 0 Å². The van der Waals surface area contributed by atoms with E-state index in [0.717, 1.165) is 45.7 Å². The highest BCUT2D eigenvalue weighted by Gasteiger charge is 2.39. The molecule has 0 bridgehead atoms. The van der Waals surface area contributed by atoms with Gasteiger partial charge in [-0.15, -0.1) is 0 Å². The summed E-state index contributed by atoms with van der Waals surface area (Å²) < 4.78 is 5.36. The summed E-state index contributed by atoms with van der Waals surface area (Å²) in [5.41, 5.74) is 0. The minimum Gasteiger partial charge on any atom is -0.480 e. The van der Waals surface area contributed by atoms with Gasteiger partial charge >= 0.3 is 12.0 Å². The molecule has 1 N–H and O–H groups in total. The number of amides is 2. The number of carboxylic acids is 1. The molecule has 0 radical (unpaired) electrons. The molecule has 21 heavy (non-hydrogen) atoms. The van der Waals surface area contributed by atoms with Gasteiger partial charge in [-0.05, 0) is 19.3 Å². The van der Waals surface area contributed by atoms with Crippen molar-refractivity contribution < 1.29 is 19.4 Å². The predicted molar refractivity (Wildman–Crippen MR) is 75.1 cm³/mol. The van der Waals surface area contributed by atoms with Crippen LogP contribution in [0.5, 0.6) is 0 Å². The third-order valence-electron chi connectivity index (χ3n) is 4.78. The number of morpholine rings is 1. The second-order valence-electron chi connectivity index (χ2n) is 6.01. The molecular weight excluding hydrogens is 274 g/mol. The number of carbonyl (C=O) groups excluding carboxylic acids is 1. The molecule has 0 aromatic rings. The first kappa shape index (κ1) is 14.6. The average molecular weight is 297 g/mol. The first-order valence-corrected chi connectivity index (χ1v) is 7.77. The van der Waals surface area contributed by atoms with Gasteiger partial charge in [-0.25, -0.2) is 9.59 Å². The smallest absolute Gasteiger partial charge is 0.326 e. The van der Waals surface area contributed by atoms with Crippen molar-refractivity contribution in [2.75, 3.05) is 45.9 Å². The van der Waals surface area contributed by atoms with Gasteiger partial charge in [0.1, 0.15) is 6.04 Å². The Hall–Kier alpha value is -1.34. The molecule has 1 unspecified atom stereocenters. The zero-order chi connectivity index (χ0) is 14.8. The van der Waals surface area contributed by atoms with Crippen molar-refractivity contribution in [3.8, 4) is 0 Å². The molecule has 3 aliphatic rings. The van der Waals surface area contributed by atoms with E-state index in [1.807, 2.05) is 4.90 Å². The molecule has 0 aromatic heterocycles. The molecule has 0 saturated carbocycles. The number of likely N-dealkylation sites (tertiary alicyclic amines) is 2. The topological polar surface area (TPSA) is 73.3 Å². The van der Waals surface area contributed by atoms with Crippen molar-refractivity contribution >= 4 is 12.0 Å². The fourth-order valence-corrected chi connectivity index (χ4v) is 3.59. The van der Waals surface area contributed by atoms with Crippen molar-refractivity contribution in [3.63, 3.8) is 0 Å². The summed E-state index contributed by atoms with van der Waals surface area (Å²) in [7, 11) is 0. The Kier molecular flexibility index (Phi) is 4.30. The summed E-state index contributed by atoms with van der Waals surface area (Å²) in [6, 6.07) is -0.348. The maximum absolute atomic E-state index is 12.5. The molecule has 118 valence electrons. The van der Waals surface area contributed by atoms with Crippen LogP contribution in [0.15, 0.2) is 0 Å². The van der Waals surface area contributed by atoms with Gasteiger partial charge in [0.05, 0.1) is 13.2 Å². The lowest BCUT2D eigenvalue weighted by Crippen LogP contribution is -2.49. The number of rotatable bonds is 2. The van der Waals surface area contributed by atoms with Gasteiger partial charge in [0, 0.05) is 38.8 Å². The molecule has 7 heteroatoms. The summed E-state index contributed by atoms with van der Waals surface area (Å²) in [6.45, 7) is 5.37. The third kappa shape index (κ3) is 2.98. The van der Waals surface area contributed by atoms with Crippen LogP contribution < -0.4 is 0 Å². The number of urea groups is 1. The summed E-state index contributed by atoms with van der Waals surface area (Å²) in [5.74, 6) is -0.884. The normalized spacial score (nSPS) is 30.9. The zero-order valence-corrected chi connectivity index (χ0v) is 12.2. The van der Waals surface area contributed by atoms with E-state index in [4.69, 9.17) is 4.74 Å². The van der Waals surface area contributed by atoms with E-state index < -0.39 is 12.0 Å². The minimum absolute atomic E-state index is 0.101. The number of ether oxygens (including phenoxy) is 1. The second-order valence-corrected chi connectivity index (χ2v) is 6.01. The lowest BCUT2D eigenvalue weighted by Gasteiger charge is -2.32. The number of aliphatic carboxylic acids is 1. The fourth-order valence-electron chi connectivity index (χ4n) is 3.59. The predicted octanol–water partition coefficient (Wildman–Crippen LogP) is 0.0619. The van der Waals surface area contributed by atoms with E-state index in [2.05, 4.69) is 4.90 Å². The van der Waals surface area contributed by atoms with Crippen molar-refractivity contribution in [1.82, 2.24) is 14.7 Å². The quantitative estimate of drug-likeness (QED) is 0.780. The highest BCUT2D eigenvalue weighted by molar-refractivity contribution is 5.83. The molecule has 7 nitrogen and oxygen atoms in total. The van der Waals surface area contributed by atoms with Gasteiger partial charge < -0.3 is 19.6 Å². The summed E-state index contributed by atoms with van der Waals surface area (Å²) >= 11 is 0. The van der Waals surface area contributed by atoms with E-state index >= 15 is 0 Å². The van der Waals surface area contributed by atoms with Crippen molar-refractivity contribution in [2.24, 2.45) is 0 Å². The van der Waals surface area contributed by atoms with Crippen LogP contribution in [0.4, 0.5) is 4.79 Å². The molecular formula is C14H23N3O4. The van der Waals surface area contributed by atoms with Gasteiger partial charge in [-0.2, -0.15) is 0 Å². The van der Waals surface area contributed by atoms with Crippen LogP contribution in [-0.4, -0.2) is 89.8 Å². The lowest BCUT2D eigenvalue weighted by atomic mass is 10.2. The van der Waals surface area contributed by atoms with E-state index in [1.165, 1.54) is 4.90 Å². The number of carbonyl (C=O) groups is 2. The zero-order valence-electron chi connectivity index (χ0n) is 12.2. The van der Waals surface area contributed by atoms with Crippen molar-refractivity contribution in [2.45, 2.75) is 31.3 Å². The monoisotopic (exact) mass is 297 g/mol. The Balaban J connectivity index is 1.57. The first-order valence-electron chi connectivity index (χ1n) is 7.77. The SMILES string of the molecule is O=C(O)[C@H]1CCCN1C(=O)N1CCC(N2CCOCC2)C1. The number of nitrogens with zero attached hydrogens (tertiary/aromatic N) is 3. The molecule has 0 aromatic carbocycles. The van der Waals surface area contributed by atoms with Crippen LogP contribution >= 0.6 is 0 Å². The van der Waals surface area contributed by atoms with Crippen LogP contribution in [0, 0.1) is 0 Å². The Morgan fingerprint density at radius 2 is 1.81 bits per heavy atom. The number of hydrogen-bond donors (Lipinski definition) is 1. The van der Waals surface area contributed by atoms with E-state index in [1.54, 1.807) is 0 Å². The van der Waals surface area contributed by atoms with Crippen molar-refractivity contribution in [1.29, 1.82) is 0 Å². The van der Waals surface area contributed by atoms with Gasteiger partial charge in [-0.3, -0.25) is 4.90 Å². The standard InChI is InChI=1S/C14H23N3O4/c18-13(19)12-2-1-4-17(12)14(20)16-5-3-11(10-16)15-6-8-21-9-7-15/h11-12H,1-10H2,(H,18,19)/t11?,12-/m1/s1. The lowest BCUT2D eigenvalue weighted by molar-refractivity contribution is -0.141. The van der Waals surface area contributed by atoms with Crippen molar-refractivity contribution in [3.05, 3.63) is 0 Å². The Morgan fingerprint density at radius 1 is 1.05 bits per heavy atom. The van der Waals surface area contributed by atoms with Crippen LogP contribution in [-0.2, 0) is 9.53 Å². The summed E-state index contributed by atoms with van der Waals surface area (Å²) in [6.07, 6.45) is 2.32. The van der Waals surface area contributed by atoms with Crippen LogP contribution in [0.1, 0.15) is 19.3 Å². The Labute approximate surface area is 124 Å². The maximum Gasteiger partial charge on any atom is 0.326 e. The average Bonchev–Trinajstić information content (AvgIpc) is 3.17. The third-order valence-corrected chi connectivity index (χ3v) is 4.78. The molecule has 3 aliphatic heterocycles. The second kappa shape index (κ2) is 6.19. The van der Waals surface area contributed by atoms with Gasteiger partial charge in [0.15, 0.2) is 0 Å². The molecule has 3 rings (SSSR count). The highest BCUT2D eigenvalue weighted by atomic mass is 16.5. The summed E-state index contributed by atoms with van der Waals surface area (Å²) in [4.78, 5) is 29.5. The van der Waals surface area contributed by atoms with Gasteiger partial charge in [0.2, 0.25) is 0 Å². The Morgan fingerprint density at radius 3 is 2.52 bits per heavy atom. The Bertz CT molecular complexity index is 411. The molecule has 3 fully saturated rings. The van der Waals surface area contributed by atoms with Crippen LogP contribution in [0.2, 0.25) is 0 Å². The minimum atomic E-state index is -0.884. The van der Waals surface area contributed by atoms with Crippen LogP contribution in [0.25, 0.3) is 0 Å². The molecule has 3 heterocycles. The molecule has 0 aliphatic carbocycles. The van der Waals surface area contributed by atoms with E-state index in [-0.39, 0.29) is 6.03 Å². The molecule has 3 saturated heterocycles. The molecule has 2 amide bonds. The highest BCUT2D eigenvalue weighted by Crippen LogP contribution is 2.23. The van der Waals surface area contributed by atoms with E-state index in [9.17, 15) is 14.7 Å².